The molecule has 0 radical (unpaired) electrons. The second-order valence-electron chi connectivity index (χ2n) is 3.31. The van der Waals surface area contributed by atoms with Crippen molar-refractivity contribution in [3.05, 3.63) is 27.8 Å². The first-order valence-electron chi connectivity index (χ1n) is 4.95. The van der Waals surface area contributed by atoms with E-state index in [2.05, 4.69) is 34.6 Å². The van der Waals surface area contributed by atoms with Crippen LogP contribution in [-0.2, 0) is 13.0 Å². The van der Waals surface area contributed by atoms with Gasteiger partial charge in [0.05, 0.1) is 6.54 Å². The summed E-state index contributed by atoms with van der Waals surface area (Å²) >= 11 is 7.33. The molecule has 2 heterocycles. The summed E-state index contributed by atoms with van der Waals surface area (Å²) in [5.74, 6) is 1.06. The van der Waals surface area contributed by atoms with E-state index in [1.54, 1.807) is 11.3 Å². The van der Waals surface area contributed by atoms with E-state index in [0.717, 1.165) is 0 Å². The fourth-order valence-corrected chi connectivity index (χ4v) is 2.24. The number of nitrogens with one attached hydrogen (secondary N) is 1. The lowest BCUT2D eigenvalue weighted by molar-refractivity contribution is 0.512. The molecule has 4 nitrogen and oxygen atoms in total. The number of alkyl halides is 1. The van der Waals surface area contributed by atoms with Gasteiger partial charge in [-0.3, -0.25) is 0 Å². The fraction of sp³-hybridized carbons (Fsp3) is 0.400. The molecule has 0 aliphatic rings. The van der Waals surface area contributed by atoms with Crippen molar-refractivity contribution < 1.29 is 4.42 Å². The summed E-state index contributed by atoms with van der Waals surface area (Å²) in [6.45, 7) is 2.79. The molecule has 6 heteroatoms. The Morgan fingerprint density at radius 2 is 2.31 bits per heavy atom. The number of hydrogen-bond donors (Lipinski definition) is 1. The Morgan fingerprint density at radius 1 is 1.44 bits per heavy atom. The smallest absolute Gasteiger partial charge is 0.315 e. The number of nitrogens with zero attached hydrogens (tertiary/aromatic N) is 2. The van der Waals surface area contributed by atoms with Gasteiger partial charge >= 0.3 is 6.01 Å². The summed E-state index contributed by atoms with van der Waals surface area (Å²) in [7, 11) is 0. The predicted octanol–water partition coefficient (Wildman–Crippen LogP) is 2.83. The van der Waals surface area contributed by atoms with Gasteiger partial charge in [-0.25, -0.2) is 0 Å². The average Bonchev–Trinajstić information content (AvgIpc) is 2.85. The SMILES string of the molecule is Cc1ccc(CNc2nnc(CCCl)o2)s1. The first-order chi connectivity index (χ1) is 7.78. The quantitative estimate of drug-likeness (QED) is 0.837. The molecule has 0 atom stereocenters. The Labute approximate surface area is 103 Å². The third-order valence-corrected chi connectivity index (χ3v) is 3.17. The van der Waals surface area contributed by atoms with Gasteiger partial charge in [-0.1, -0.05) is 5.10 Å². The van der Waals surface area contributed by atoms with Crippen LogP contribution in [0.3, 0.4) is 0 Å². The van der Waals surface area contributed by atoms with Crippen molar-refractivity contribution in [2.24, 2.45) is 0 Å². The van der Waals surface area contributed by atoms with Crippen molar-refractivity contribution in [2.75, 3.05) is 11.2 Å². The van der Waals surface area contributed by atoms with Crippen LogP contribution in [0.2, 0.25) is 0 Å². The highest BCUT2D eigenvalue weighted by atomic mass is 35.5. The summed E-state index contributed by atoms with van der Waals surface area (Å²) in [5.41, 5.74) is 0. The Kier molecular flexibility index (Phi) is 3.79. The van der Waals surface area contributed by atoms with Crippen LogP contribution in [0, 0.1) is 6.92 Å². The third kappa shape index (κ3) is 2.96. The Hall–Kier alpha value is -1.07. The van der Waals surface area contributed by atoms with E-state index in [1.165, 1.54) is 9.75 Å². The number of aromatic nitrogens is 2. The molecule has 0 saturated carbocycles. The molecule has 0 aliphatic carbocycles. The molecule has 0 aromatic carbocycles. The lowest BCUT2D eigenvalue weighted by Gasteiger charge is -1.96. The lowest BCUT2D eigenvalue weighted by Crippen LogP contribution is -1.97. The van der Waals surface area contributed by atoms with E-state index in [9.17, 15) is 0 Å². The van der Waals surface area contributed by atoms with E-state index in [1.807, 2.05) is 0 Å². The average molecular weight is 258 g/mol. The Bertz CT molecular complexity index is 454. The second-order valence-corrected chi connectivity index (χ2v) is 5.06. The zero-order valence-corrected chi connectivity index (χ0v) is 10.4. The van der Waals surface area contributed by atoms with Crippen molar-refractivity contribution in [1.82, 2.24) is 10.2 Å². The minimum Gasteiger partial charge on any atom is -0.408 e. The maximum atomic E-state index is 5.57. The topological polar surface area (TPSA) is 51.0 Å². The number of halogens is 1. The van der Waals surface area contributed by atoms with Crippen molar-refractivity contribution in [1.29, 1.82) is 0 Å². The summed E-state index contributed by atoms with van der Waals surface area (Å²) in [4.78, 5) is 2.54. The second kappa shape index (κ2) is 5.32. The summed E-state index contributed by atoms with van der Waals surface area (Å²) in [6, 6.07) is 4.63. The van der Waals surface area contributed by atoms with E-state index >= 15 is 0 Å². The number of hydrogen-bond acceptors (Lipinski definition) is 5. The fourth-order valence-electron chi connectivity index (χ4n) is 1.25. The molecule has 1 N–H and O–H groups in total. The van der Waals surface area contributed by atoms with Gasteiger partial charge in [-0.15, -0.1) is 28.0 Å². The normalized spacial score (nSPS) is 10.6. The van der Waals surface area contributed by atoms with Gasteiger partial charge in [0.15, 0.2) is 0 Å². The maximum absolute atomic E-state index is 5.57. The lowest BCUT2D eigenvalue weighted by atomic mass is 10.4. The van der Waals surface area contributed by atoms with Crippen molar-refractivity contribution in [3.63, 3.8) is 0 Å². The molecule has 0 saturated heterocycles. The van der Waals surface area contributed by atoms with Gasteiger partial charge in [0.1, 0.15) is 0 Å². The van der Waals surface area contributed by atoms with Crippen LogP contribution in [0.1, 0.15) is 15.6 Å². The van der Waals surface area contributed by atoms with Crippen LogP contribution < -0.4 is 5.32 Å². The molecule has 86 valence electrons. The van der Waals surface area contributed by atoms with Crippen LogP contribution in [0.4, 0.5) is 6.01 Å². The van der Waals surface area contributed by atoms with E-state index in [-0.39, 0.29) is 0 Å². The number of aryl methyl sites for hydroxylation is 2. The molecule has 0 aliphatic heterocycles. The molecule has 0 amide bonds. The van der Waals surface area contributed by atoms with Crippen LogP contribution in [0.15, 0.2) is 16.5 Å². The molecule has 2 aromatic heterocycles. The molecule has 2 aromatic rings. The first-order valence-corrected chi connectivity index (χ1v) is 6.30. The van der Waals surface area contributed by atoms with Crippen LogP contribution in [-0.4, -0.2) is 16.1 Å². The minimum atomic E-state index is 0.450. The standard InChI is InChI=1S/C10H12ClN3OS/c1-7-2-3-8(16-7)6-12-10-14-13-9(15-10)4-5-11/h2-3H,4-6H2,1H3,(H,12,14). The number of anilines is 1. The minimum absolute atomic E-state index is 0.450. The van der Waals surface area contributed by atoms with Crippen LogP contribution in [0.5, 0.6) is 0 Å². The molecule has 0 bridgehead atoms. The van der Waals surface area contributed by atoms with Gasteiger partial charge in [-0.2, -0.15) is 0 Å². The summed E-state index contributed by atoms with van der Waals surface area (Å²) in [5, 5.41) is 10.8. The van der Waals surface area contributed by atoms with Crippen LogP contribution in [0.25, 0.3) is 0 Å². The number of thiophene rings is 1. The molecule has 0 spiro atoms. The van der Waals surface area contributed by atoms with Gasteiger partial charge in [0, 0.05) is 22.1 Å². The van der Waals surface area contributed by atoms with E-state index < -0.39 is 0 Å². The van der Waals surface area contributed by atoms with Gasteiger partial charge in [0.2, 0.25) is 5.89 Å². The van der Waals surface area contributed by atoms with Gasteiger partial charge in [-0.05, 0) is 19.1 Å². The highest BCUT2D eigenvalue weighted by Gasteiger charge is 2.05. The number of rotatable bonds is 5. The molecular formula is C10H12ClN3OS. The molecular weight excluding hydrogens is 246 g/mol. The summed E-state index contributed by atoms with van der Waals surface area (Å²) in [6.07, 6.45) is 0.606. The van der Waals surface area contributed by atoms with Crippen LogP contribution >= 0.6 is 22.9 Å². The zero-order valence-electron chi connectivity index (χ0n) is 8.86. The van der Waals surface area contributed by atoms with Crippen molar-refractivity contribution in [2.45, 2.75) is 19.9 Å². The first kappa shape index (κ1) is 11.4. The highest BCUT2D eigenvalue weighted by Crippen LogP contribution is 2.16. The van der Waals surface area contributed by atoms with E-state index in [0.29, 0.717) is 30.8 Å². The molecule has 16 heavy (non-hydrogen) atoms. The van der Waals surface area contributed by atoms with Gasteiger partial charge in [0.25, 0.3) is 0 Å². The molecule has 0 unspecified atom stereocenters. The predicted molar refractivity (Wildman–Crippen MR) is 65.1 cm³/mol. The largest absolute Gasteiger partial charge is 0.408 e. The Balaban J connectivity index is 1.89. The molecule has 0 fully saturated rings. The van der Waals surface area contributed by atoms with Crippen molar-refractivity contribution >= 4 is 29.0 Å². The molecule has 2 rings (SSSR count). The zero-order chi connectivity index (χ0) is 11.4. The summed E-state index contributed by atoms with van der Waals surface area (Å²) < 4.78 is 5.34. The van der Waals surface area contributed by atoms with E-state index in [4.69, 9.17) is 16.0 Å². The maximum Gasteiger partial charge on any atom is 0.315 e. The third-order valence-electron chi connectivity index (χ3n) is 1.99. The highest BCUT2D eigenvalue weighted by molar-refractivity contribution is 7.11. The monoisotopic (exact) mass is 257 g/mol. The van der Waals surface area contributed by atoms with Crippen molar-refractivity contribution in [3.8, 4) is 0 Å². The van der Waals surface area contributed by atoms with Gasteiger partial charge < -0.3 is 9.73 Å². The Morgan fingerprint density at radius 3 is 3.00 bits per heavy atom.